The molecule has 0 rings (SSSR count). The molecule has 1 unspecified atom stereocenters. The number of hydrogen-bond donors (Lipinski definition) is 1. The summed E-state index contributed by atoms with van der Waals surface area (Å²) < 4.78 is 5.86. The van der Waals surface area contributed by atoms with Gasteiger partial charge in [0.05, 0.1) is 0 Å². The van der Waals surface area contributed by atoms with Gasteiger partial charge in [0.25, 0.3) is 0 Å². The quantitative estimate of drug-likeness (QED) is 0.569. The third kappa shape index (κ3) is 3.71. The maximum atomic E-state index is 9.90. The van der Waals surface area contributed by atoms with Crippen molar-refractivity contribution in [2.45, 2.75) is 66.0 Å². The minimum atomic E-state index is -1.83. The van der Waals surface area contributed by atoms with E-state index in [-0.39, 0.29) is 10.5 Å². The second kappa shape index (κ2) is 3.95. The molecule has 3 heteroatoms. The Morgan fingerprint density at radius 1 is 1.00 bits per heavy atom. The Hall–Kier alpha value is 0.137. The molecule has 0 fully saturated rings. The van der Waals surface area contributed by atoms with Gasteiger partial charge < -0.3 is 9.53 Å². The van der Waals surface area contributed by atoms with Crippen molar-refractivity contribution < 1.29 is 9.53 Å². The number of rotatable bonds is 2. The van der Waals surface area contributed by atoms with Gasteiger partial charge in [-0.15, -0.1) is 0 Å². The molecule has 1 atom stereocenters. The summed E-state index contributed by atoms with van der Waals surface area (Å²) in [6, 6.07) is 0. The predicted octanol–water partition coefficient (Wildman–Crippen LogP) is 3.37. The Kier molecular flexibility index (Phi) is 3.99. The Morgan fingerprint density at radius 3 is 1.57 bits per heavy atom. The van der Waals surface area contributed by atoms with Crippen LogP contribution in [0.15, 0.2) is 0 Å². The molecule has 0 heterocycles. The van der Waals surface area contributed by atoms with Gasteiger partial charge in [0.15, 0.2) is 8.32 Å². The van der Waals surface area contributed by atoms with Crippen molar-refractivity contribution in [2.75, 3.05) is 0 Å². The zero-order valence-electron chi connectivity index (χ0n) is 10.9. The zero-order chi connectivity index (χ0) is 11.8. The summed E-state index contributed by atoms with van der Waals surface area (Å²) in [5, 5.41) is 10.0. The molecule has 0 aromatic rings. The van der Waals surface area contributed by atoms with Gasteiger partial charge in [0.2, 0.25) is 0 Å². The average molecular weight is 218 g/mol. The standard InChI is InChI=1S/C11H26O2Si/c1-10(2,3)9(12)13-14(7,8)11(4,5)6/h9,12H,1-8H3. The fourth-order valence-corrected chi connectivity index (χ4v) is 1.90. The van der Waals surface area contributed by atoms with Crippen molar-refractivity contribution >= 4 is 8.32 Å². The molecule has 0 spiro atoms. The van der Waals surface area contributed by atoms with Crippen LogP contribution >= 0.6 is 0 Å². The van der Waals surface area contributed by atoms with Crippen LogP contribution in [0.2, 0.25) is 18.1 Å². The second-order valence-corrected chi connectivity index (χ2v) is 11.4. The lowest BCUT2D eigenvalue weighted by Gasteiger charge is -2.41. The Bertz CT molecular complexity index is 186. The molecule has 0 radical (unpaired) electrons. The summed E-state index contributed by atoms with van der Waals surface area (Å²) >= 11 is 0. The highest BCUT2D eigenvalue weighted by Crippen LogP contribution is 2.38. The average Bonchev–Trinajstić information content (AvgIpc) is 1.80. The topological polar surface area (TPSA) is 29.5 Å². The SMILES string of the molecule is CC(C)(C)C(O)O[Si](C)(C)C(C)(C)C. The molecule has 0 aliphatic heterocycles. The molecular weight excluding hydrogens is 192 g/mol. The highest BCUT2D eigenvalue weighted by molar-refractivity contribution is 6.74. The third-order valence-corrected chi connectivity index (χ3v) is 7.38. The zero-order valence-corrected chi connectivity index (χ0v) is 11.9. The summed E-state index contributed by atoms with van der Waals surface area (Å²) in [7, 11) is -1.83. The van der Waals surface area contributed by atoms with Crippen molar-refractivity contribution in [3.63, 3.8) is 0 Å². The summed E-state index contributed by atoms with van der Waals surface area (Å²) in [4.78, 5) is 0. The molecule has 0 bridgehead atoms. The fourth-order valence-electron chi connectivity index (χ4n) is 0.633. The first kappa shape index (κ1) is 14.1. The van der Waals surface area contributed by atoms with E-state index in [1.165, 1.54) is 0 Å². The molecule has 0 aromatic heterocycles. The van der Waals surface area contributed by atoms with Gasteiger partial charge in [-0.1, -0.05) is 41.5 Å². The van der Waals surface area contributed by atoms with E-state index in [1.807, 2.05) is 20.8 Å². The van der Waals surface area contributed by atoms with Crippen LogP contribution in [0.25, 0.3) is 0 Å². The van der Waals surface area contributed by atoms with Crippen LogP contribution < -0.4 is 0 Å². The van der Waals surface area contributed by atoms with Crippen molar-refractivity contribution in [3.8, 4) is 0 Å². The van der Waals surface area contributed by atoms with Gasteiger partial charge in [-0.05, 0) is 18.1 Å². The van der Waals surface area contributed by atoms with Crippen LogP contribution in [0.5, 0.6) is 0 Å². The first-order chi connectivity index (χ1) is 5.88. The molecule has 0 aliphatic carbocycles. The molecule has 0 amide bonds. The highest BCUT2D eigenvalue weighted by Gasteiger charge is 2.41. The van der Waals surface area contributed by atoms with Crippen LogP contribution in [0.3, 0.4) is 0 Å². The van der Waals surface area contributed by atoms with E-state index in [0.717, 1.165) is 0 Å². The van der Waals surface area contributed by atoms with E-state index >= 15 is 0 Å². The summed E-state index contributed by atoms with van der Waals surface area (Å²) in [6.07, 6.45) is -0.664. The van der Waals surface area contributed by atoms with Crippen LogP contribution in [-0.2, 0) is 4.43 Å². The van der Waals surface area contributed by atoms with Gasteiger partial charge >= 0.3 is 0 Å². The van der Waals surface area contributed by atoms with Crippen LogP contribution in [0.4, 0.5) is 0 Å². The van der Waals surface area contributed by atoms with Crippen molar-refractivity contribution in [3.05, 3.63) is 0 Å². The van der Waals surface area contributed by atoms with E-state index in [4.69, 9.17) is 4.43 Å². The second-order valence-electron chi connectivity index (χ2n) is 6.60. The molecule has 0 aliphatic rings. The van der Waals surface area contributed by atoms with Crippen LogP contribution in [0.1, 0.15) is 41.5 Å². The maximum absolute atomic E-state index is 9.90. The highest BCUT2D eigenvalue weighted by atomic mass is 28.4. The van der Waals surface area contributed by atoms with E-state index in [0.29, 0.717) is 0 Å². The van der Waals surface area contributed by atoms with Gasteiger partial charge in [-0.2, -0.15) is 0 Å². The van der Waals surface area contributed by atoms with E-state index in [2.05, 4.69) is 33.9 Å². The largest absolute Gasteiger partial charge is 0.392 e. The van der Waals surface area contributed by atoms with Crippen molar-refractivity contribution in [1.29, 1.82) is 0 Å². The van der Waals surface area contributed by atoms with E-state index in [1.54, 1.807) is 0 Å². The lowest BCUT2D eigenvalue weighted by atomic mass is 9.96. The molecule has 2 nitrogen and oxygen atoms in total. The minimum Gasteiger partial charge on any atom is -0.392 e. The minimum absolute atomic E-state index is 0.152. The smallest absolute Gasteiger partial charge is 0.195 e. The predicted molar refractivity (Wildman–Crippen MR) is 63.7 cm³/mol. The van der Waals surface area contributed by atoms with Crippen LogP contribution in [-0.4, -0.2) is 19.7 Å². The fraction of sp³-hybridized carbons (Fsp3) is 1.00. The maximum Gasteiger partial charge on any atom is 0.195 e. The summed E-state index contributed by atoms with van der Waals surface area (Å²) in [5.74, 6) is 0. The lowest BCUT2D eigenvalue weighted by Crippen LogP contribution is -2.47. The Balaban J connectivity index is 4.53. The first-order valence-corrected chi connectivity index (χ1v) is 8.14. The van der Waals surface area contributed by atoms with Gasteiger partial charge in [0, 0.05) is 5.41 Å². The molecule has 0 saturated carbocycles. The monoisotopic (exact) mass is 218 g/mol. The lowest BCUT2D eigenvalue weighted by molar-refractivity contribution is -0.102. The first-order valence-electron chi connectivity index (χ1n) is 5.24. The third-order valence-electron chi connectivity index (χ3n) is 2.95. The Morgan fingerprint density at radius 2 is 1.36 bits per heavy atom. The number of hydrogen-bond acceptors (Lipinski definition) is 2. The van der Waals surface area contributed by atoms with Crippen molar-refractivity contribution in [1.82, 2.24) is 0 Å². The van der Waals surface area contributed by atoms with E-state index in [9.17, 15) is 5.11 Å². The summed E-state index contributed by atoms with van der Waals surface area (Å²) in [6.45, 7) is 16.8. The Labute approximate surface area is 89.8 Å². The molecule has 14 heavy (non-hydrogen) atoms. The number of aliphatic hydroxyl groups excluding tert-OH is 1. The molecule has 0 saturated heterocycles. The van der Waals surface area contributed by atoms with Gasteiger partial charge in [0.1, 0.15) is 6.29 Å². The van der Waals surface area contributed by atoms with Gasteiger partial charge in [-0.25, -0.2) is 0 Å². The number of aliphatic hydroxyl groups is 1. The normalized spacial score (nSPS) is 16.9. The molecule has 1 N–H and O–H groups in total. The van der Waals surface area contributed by atoms with Crippen molar-refractivity contribution in [2.24, 2.45) is 5.41 Å². The molecular formula is C11H26O2Si. The summed E-state index contributed by atoms with van der Waals surface area (Å²) in [5.41, 5.74) is -0.199. The van der Waals surface area contributed by atoms with Crippen LogP contribution in [0, 0.1) is 5.41 Å². The molecule has 86 valence electrons. The van der Waals surface area contributed by atoms with Gasteiger partial charge in [-0.3, -0.25) is 0 Å². The van der Waals surface area contributed by atoms with E-state index < -0.39 is 14.6 Å². The molecule has 0 aromatic carbocycles.